The molecule has 33 heavy (non-hydrogen) atoms. The molecule has 1 fully saturated rings. The molecule has 168 valence electrons. The monoisotopic (exact) mass is 557 g/mol. The largest absolute Gasteiger partial charge is 0.486 e. The average molecular weight is 560 g/mol. The zero-order valence-electron chi connectivity index (χ0n) is 16.5. The number of nitrogens with zero attached hydrogens (tertiary/aromatic N) is 1. The smallest absolute Gasteiger partial charge is 0.298 e. The number of thioether (sulfide) groups is 1. The Morgan fingerprint density at radius 1 is 0.848 bits per heavy atom. The van der Waals surface area contributed by atoms with Gasteiger partial charge >= 0.3 is 0 Å². The third-order valence-electron chi connectivity index (χ3n) is 4.55. The van der Waals surface area contributed by atoms with Crippen molar-refractivity contribution in [2.75, 3.05) is 4.90 Å². The summed E-state index contributed by atoms with van der Waals surface area (Å²) in [7, 11) is 0. The highest BCUT2D eigenvalue weighted by molar-refractivity contribution is 8.19. The molecule has 3 aromatic rings. The van der Waals surface area contributed by atoms with E-state index in [4.69, 9.17) is 62.7 Å². The van der Waals surface area contributed by atoms with E-state index in [2.05, 4.69) is 0 Å². The maximum Gasteiger partial charge on any atom is 0.298 e. The predicted molar refractivity (Wildman–Crippen MR) is 137 cm³/mol. The van der Waals surface area contributed by atoms with Crippen molar-refractivity contribution in [3.05, 3.63) is 95.7 Å². The molecule has 4 nitrogen and oxygen atoms in total. The molecule has 0 bridgehead atoms. The van der Waals surface area contributed by atoms with E-state index in [1.54, 1.807) is 60.7 Å². The number of carbonyl (C=O) groups excluding carboxylic acids is 2. The molecule has 0 atom stereocenters. The van der Waals surface area contributed by atoms with Crippen LogP contribution in [0.2, 0.25) is 25.1 Å². The summed E-state index contributed by atoms with van der Waals surface area (Å²) < 4.78 is 5.76. The van der Waals surface area contributed by atoms with Crippen molar-refractivity contribution in [3.63, 3.8) is 0 Å². The predicted octanol–water partition coefficient (Wildman–Crippen LogP) is 8.77. The Balaban J connectivity index is 1.54. The number of benzene rings is 3. The molecule has 0 aliphatic carbocycles. The van der Waals surface area contributed by atoms with Crippen LogP contribution < -0.4 is 9.64 Å². The normalized spacial score (nSPS) is 14.9. The molecule has 0 saturated carbocycles. The summed E-state index contributed by atoms with van der Waals surface area (Å²) in [6, 6.07) is 14.9. The van der Waals surface area contributed by atoms with Crippen LogP contribution in [0.3, 0.4) is 0 Å². The molecule has 1 aliphatic rings. The number of anilines is 1. The summed E-state index contributed by atoms with van der Waals surface area (Å²) in [6.07, 6.45) is 1.55. The van der Waals surface area contributed by atoms with Gasteiger partial charge in [0.05, 0.1) is 30.7 Å². The first kappa shape index (κ1) is 24.3. The van der Waals surface area contributed by atoms with E-state index in [0.717, 1.165) is 22.2 Å². The van der Waals surface area contributed by atoms with Gasteiger partial charge in [0, 0.05) is 5.02 Å². The Bertz CT molecular complexity index is 1290. The van der Waals surface area contributed by atoms with Gasteiger partial charge in [-0.3, -0.25) is 9.59 Å². The number of halogens is 5. The lowest BCUT2D eigenvalue weighted by Gasteiger charge is -2.12. The average Bonchev–Trinajstić information content (AvgIpc) is 3.02. The van der Waals surface area contributed by atoms with Gasteiger partial charge in [0.2, 0.25) is 0 Å². The minimum Gasteiger partial charge on any atom is -0.486 e. The number of hydrogen-bond donors (Lipinski definition) is 0. The fourth-order valence-corrected chi connectivity index (χ4v) is 5.00. The van der Waals surface area contributed by atoms with Gasteiger partial charge in [0.25, 0.3) is 11.1 Å². The second-order valence-electron chi connectivity index (χ2n) is 6.85. The summed E-state index contributed by atoms with van der Waals surface area (Å²) in [6.45, 7) is 0.175. The third-order valence-corrected chi connectivity index (χ3v) is 6.95. The highest BCUT2D eigenvalue weighted by Crippen LogP contribution is 2.39. The van der Waals surface area contributed by atoms with Crippen LogP contribution in [0, 0.1) is 0 Å². The van der Waals surface area contributed by atoms with Crippen LogP contribution in [0.25, 0.3) is 6.08 Å². The van der Waals surface area contributed by atoms with Crippen LogP contribution in [0.5, 0.6) is 5.75 Å². The Labute approximate surface area is 219 Å². The second kappa shape index (κ2) is 10.2. The van der Waals surface area contributed by atoms with Crippen molar-refractivity contribution in [1.29, 1.82) is 0 Å². The number of amides is 2. The first-order valence-electron chi connectivity index (χ1n) is 9.32. The molecule has 0 aromatic heterocycles. The van der Waals surface area contributed by atoms with Crippen LogP contribution in [-0.2, 0) is 11.4 Å². The van der Waals surface area contributed by atoms with E-state index in [9.17, 15) is 9.59 Å². The molecule has 0 radical (unpaired) electrons. The second-order valence-corrected chi connectivity index (χ2v) is 9.91. The molecule has 1 heterocycles. The van der Waals surface area contributed by atoms with Crippen molar-refractivity contribution in [2.45, 2.75) is 6.61 Å². The summed E-state index contributed by atoms with van der Waals surface area (Å²) in [5, 5.41) is 1.36. The number of hydrogen-bond acceptors (Lipinski definition) is 4. The third kappa shape index (κ3) is 5.46. The van der Waals surface area contributed by atoms with E-state index >= 15 is 0 Å². The summed E-state index contributed by atoms with van der Waals surface area (Å²) in [4.78, 5) is 26.6. The number of rotatable bonds is 5. The molecule has 4 rings (SSSR count). The molecule has 1 aliphatic heterocycles. The van der Waals surface area contributed by atoms with Crippen molar-refractivity contribution >= 4 is 92.7 Å². The van der Waals surface area contributed by atoms with Crippen LogP contribution in [0.4, 0.5) is 10.5 Å². The minimum atomic E-state index is -0.459. The van der Waals surface area contributed by atoms with Gasteiger partial charge in [-0.05, 0) is 71.4 Å². The molecule has 3 aromatic carbocycles. The quantitative estimate of drug-likeness (QED) is 0.293. The zero-order valence-corrected chi connectivity index (χ0v) is 21.0. The maximum absolute atomic E-state index is 12.8. The van der Waals surface area contributed by atoms with Crippen LogP contribution >= 0.6 is 69.8 Å². The van der Waals surface area contributed by atoms with E-state index in [0.29, 0.717) is 26.3 Å². The van der Waals surface area contributed by atoms with Gasteiger partial charge in [-0.25, -0.2) is 4.90 Å². The standard InChI is InChI=1S/C23H12Cl5NO3S/c24-14-2-1-3-15(10-14)29-22(30)20(33-23(29)31)9-13-7-18(27)21(19(28)8-13)32-11-12-4-5-16(25)17(26)6-12/h1-10H,11H2/b20-9+. The Morgan fingerprint density at radius 3 is 2.24 bits per heavy atom. The molecule has 1 saturated heterocycles. The number of carbonyl (C=O) groups is 2. The van der Waals surface area contributed by atoms with Crippen LogP contribution in [0.1, 0.15) is 11.1 Å². The molecular formula is C23H12Cl5NO3S. The van der Waals surface area contributed by atoms with Gasteiger partial charge in [0.1, 0.15) is 6.61 Å². The van der Waals surface area contributed by atoms with Crippen molar-refractivity contribution < 1.29 is 14.3 Å². The Kier molecular flexibility index (Phi) is 7.49. The van der Waals surface area contributed by atoms with Gasteiger partial charge in [0.15, 0.2) is 5.75 Å². The molecule has 0 spiro atoms. The SMILES string of the molecule is O=C1S/C(=C/c2cc(Cl)c(OCc3ccc(Cl)c(Cl)c3)c(Cl)c2)C(=O)N1c1cccc(Cl)c1. The summed E-state index contributed by atoms with van der Waals surface area (Å²) in [5.41, 5.74) is 1.73. The number of imide groups is 1. The fraction of sp³-hybridized carbons (Fsp3) is 0.0435. The topological polar surface area (TPSA) is 46.6 Å². The zero-order chi connectivity index (χ0) is 23.7. The van der Waals surface area contributed by atoms with Gasteiger partial charge in [-0.2, -0.15) is 0 Å². The van der Waals surface area contributed by atoms with Crippen LogP contribution in [0.15, 0.2) is 59.5 Å². The first-order valence-corrected chi connectivity index (χ1v) is 12.0. The van der Waals surface area contributed by atoms with Crippen molar-refractivity contribution in [3.8, 4) is 5.75 Å². The lowest BCUT2D eigenvalue weighted by atomic mass is 10.2. The fourth-order valence-electron chi connectivity index (χ4n) is 3.04. The molecule has 10 heteroatoms. The highest BCUT2D eigenvalue weighted by Gasteiger charge is 2.36. The molecule has 0 N–H and O–H groups in total. The van der Waals surface area contributed by atoms with Crippen LogP contribution in [-0.4, -0.2) is 11.1 Å². The van der Waals surface area contributed by atoms with E-state index < -0.39 is 11.1 Å². The van der Waals surface area contributed by atoms with E-state index in [-0.39, 0.29) is 27.3 Å². The first-order chi connectivity index (χ1) is 15.7. The summed E-state index contributed by atoms with van der Waals surface area (Å²) in [5.74, 6) is -0.173. The lowest BCUT2D eigenvalue weighted by Crippen LogP contribution is -2.27. The Hall–Kier alpha value is -1.86. The van der Waals surface area contributed by atoms with E-state index in [1.165, 1.54) is 0 Å². The van der Waals surface area contributed by atoms with Gasteiger partial charge in [-0.1, -0.05) is 70.1 Å². The van der Waals surface area contributed by atoms with Gasteiger partial charge < -0.3 is 4.74 Å². The number of ether oxygens (including phenoxy) is 1. The molecule has 0 unspecified atom stereocenters. The summed E-state index contributed by atoms with van der Waals surface area (Å²) >= 11 is 31.5. The minimum absolute atomic E-state index is 0.175. The maximum atomic E-state index is 12.8. The Morgan fingerprint density at radius 2 is 1.58 bits per heavy atom. The lowest BCUT2D eigenvalue weighted by molar-refractivity contribution is -0.113. The van der Waals surface area contributed by atoms with Crippen molar-refractivity contribution in [2.24, 2.45) is 0 Å². The van der Waals surface area contributed by atoms with Crippen molar-refractivity contribution in [1.82, 2.24) is 0 Å². The molecule has 2 amide bonds. The molecular weight excluding hydrogens is 548 g/mol. The van der Waals surface area contributed by atoms with E-state index in [1.807, 2.05) is 0 Å². The highest BCUT2D eigenvalue weighted by atomic mass is 35.5. The van der Waals surface area contributed by atoms with Gasteiger partial charge in [-0.15, -0.1) is 0 Å².